The molecule has 1 saturated heterocycles. The molecule has 1 amide bonds. The van der Waals surface area contributed by atoms with Gasteiger partial charge in [0.25, 0.3) is 0 Å². The van der Waals surface area contributed by atoms with E-state index >= 15 is 0 Å². The van der Waals surface area contributed by atoms with Gasteiger partial charge in [0, 0.05) is 12.7 Å². The molecular weight excluding hydrogens is 178 g/mol. The molecule has 2 atom stereocenters. The summed E-state index contributed by atoms with van der Waals surface area (Å²) >= 11 is 0. The predicted octanol–water partition coefficient (Wildman–Crippen LogP) is 1.64. The molecule has 3 heteroatoms. The topological polar surface area (TPSA) is 38.3 Å². The van der Waals surface area contributed by atoms with Crippen molar-refractivity contribution in [1.82, 2.24) is 5.32 Å². The molecule has 14 heavy (non-hydrogen) atoms. The summed E-state index contributed by atoms with van der Waals surface area (Å²) in [6, 6.07) is 0. The fourth-order valence-corrected chi connectivity index (χ4v) is 1.58. The molecule has 1 rings (SSSR count). The Morgan fingerprint density at radius 2 is 2.21 bits per heavy atom. The van der Waals surface area contributed by atoms with Crippen molar-refractivity contribution < 1.29 is 9.53 Å². The quantitative estimate of drug-likeness (QED) is 0.683. The van der Waals surface area contributed by atoms with Crippen LogP contribution in [0.15, 0.2) is 11.6 Å². The van der Waals surface area contributed by atoms with E-state index in [2.05, 4.69) is 5.32 Å². The number of allylic oxidation sites excluding steroid dienone is 1. The van der Waals surface area contributed by atoms with E-state index in [1.807, 2.05) is 27.7 Å². The molecule has 0 radical (unpaired) electrons. The van der Waals surface area contributed by atoms with Crippen LogP contribution < -0.4 is 5.32 Å². The molecule has 3 nitrogen and oxygen atoms in total. The normalized spacial score (nSPS) is 31.3. The summed E-state index contributed by atoms with van der Waals surface area (Å²) in [4.78, 5) is 11.5. The minimum Gasteiger partial charge on any atom is -0.376 e. The zero-order valence-corrected chi connectivity index (χ0v) is 9.39. The predicted molar refractivity (Wildman–Crippen MR) is 56.0 cm³/mol. The third-order valence-corrected chi connectivity index (χ3v) is 2.72. The lowest BCUT2D eigenvalue weighted by atomic mass is 9.94. The molecule has 1 aliphatic rings. The van der Waals surface area contributed by atoms with Crippen molar-refractivity contribution >= 4 is 5.91 Å². The summed E-state index contributed by atoms with van der Waals surface area (Å²) < 4.78 is 5.44. The van der Waals surface area contributed by atoms with E-state index in [1.54, 1.807) is 6.08 Å². The number of ether oxygens (including phenoxy) is 1. The monoisotopic (exact) mass is 197 g/mol. The summed E-state index contributed by atoms with van der Waals surface area (Å²) in [5.74, 6) is -0.0233. The van der Waals surface area contributed by atoms with Crippen molar-refractivity contribution in [3.8, 4) is 0 Å². The van der Waals surface area contributed by atoms with Crippen LogP contribution in [0.5, 0.6) is 0 Å². The van der Waals surface area contributed by atoms with Crippen LogP contribution in [0.3, 0.4) is 0 Å². The summed E-state index contributed by atoms with van der Waals surface area (Å²) in [5.41, 5.74) is 0.806. The van der Waals surface area contributed by atoms with Gasteiger partial charge in [-0.1, -0.05) is 5.57 Å². The molecule has 0 aromatic carbocycles. The molecule has 1 N–H and O–H groups in total. The van der Waals surface area contributed by atoms with Gasteiger partial charge in [0.05, 0.1) is 11.6 Å². The van der Waals surface area contributed by atoms with Crippen molar-refractivity contribution in [3.05, 3.63) is 11.6 Å². The van der Waals surface area contributed by atoms with Crippen molar-refractivity contribution in [3.63, 3.8) is 0 Å². The van der Waals surface area contributed by atoms with Crippen molar-refractivity contribution in [2.45, 2.75) is 45.8 Å². The molecule has 0 aromatic rings. The number of hydrogen-bond donors (Lipinski definition) is 1. The SMILES string of the molecule is CC(C)=CC(=O)NC1(C)CCOC1C. The van der Waals surface area contributed by atoms with Crippen molar-refractivity contribution in [2.75, 3.05) is 6.61 Å². The first kappa shape index (κ1) is 11.2. The maximum Gasteiger partial charge on any atom is 0.244 e. The summed E-state index contributed by atoms with van der Waals surface area (Å²) in [6.07, 6.45) is 2.60. The Bertz CT molecular complexity index is 256. The van der Waals surface area contributed by atoms with Crippen molar-refractivity contribution in [1.29, 1.82) is 0 Å². The first-order valence-electron chi connectivity index (χ1n) is 5.03. The Morgan fingerprint density at radius 3 is 2.64 bits per heavy atom. The van der Waals surface area contributed by atoms with Crippen molar-refractivity contribution in [2.24, 2.45) is 0 Å². The molecule has 80 valence electrons. The van der Waals surface area contributed by atoms with Crippen LogP contribution in [0, 0.1) is 0 Å². The molecular formula is C11H19NO2. The smallest absolute Gasteiger partial charge is 0.244 e. The highest BCUT2D eigenvalue weighted by molar-refractivity contribution is 5.88. The summed E-state index contributed by atoms with van der Waals surface area (Å²) in [7, 11) is 0. The van der Waals surface area contributed by atoms with E-state index in [1.165, 1.54) is 0 Å². The van der Waals surface area contributed by atoms with Gasteiger partial charge in [0.2, 0.25) is 5.91 Å². The summed E-state index contributed by atoms with van der Waals surface area (Å²) in [5, 5.41) is 3.00. The lowest BCUT2D eigenvalue weighted by molar-refractivity contribution is -0.118. The second kappa shape index (κ2) is 4.13. The number of hydrogen-bond acceptors (Lipinski definition) is 2. The van der Waals surface area contributed by atoms with E-state index in [0.717, 1.165) is 18.6 Å². The van der Waals surface area contributed by atoms with E-state index < -0.39 is 0 Å². The highest BCUT2D eigenvalue weighted by Gasteiger charge is 2.37. The van der Waals surface area contributed by atoms with E-state index in [9.17, 15) is 4.79 Å². The Balaban J connectivity index is 2.59. The maximum absolute atomic E-state index is 11.5. The standard InChI is InChI=1S/C11H19NO2/c1-8(2)7-10(13)12-11(4)5-6-14-9(11)3/h7,9H,5-6H2,1-4H3,(H,12,13). The van der Waals surface area contributed by atoms with Gasteiger partial charge in [0.1, 0.15) is 0 Å². The van der Waals surface area contributed by atoms with Crippen LogP contribution in [0.1, 0.15) is 34.1 Å². The largest absolute Gasteiger partial charge is 0.376 e. The van der Waals surface area contributed by atoms with E-state index in [-0.39, 0.29) is 17.6 Å². The number of carbonyl (C=O) groups is 1. The Labute approximate surface area is 85.5 Å². The third-order valence-electron chi connectivity index (χ3n) is 2.72. The number of carbonyl (C=O) groups excluding carboxylic acids is 1. The number of nitrogens with one attached hydrogen (secondary N) is 1. The molecule has 0 aromatic heterocycles. The second-order valence-electron chi connectivity index (χ2n) is 4.39. The molecule has 0 saturated carbocycles. The lowest BCUT2D eigenvalue weighted by Gasteiger charge is -2.28. The molecule has 1 aliphatic heterocycles. The zero-order valence-electron chi connectivity index (χ0n) is 9.39. The first-order chi connectivity index (χ1) is 6.44. The Kier molecular flexibility index (Phi) is 3.32. The highest BCUT2D eigenvalue weighted by Crippen LogP contribution is 2.24. The Hall–Kier alpha value is -0.830. The average Bonchev–Trinajstić information content (AvgIpc) is 2.29. The highest BCUT2D eigenvalue weighted by atomic mass is 16.5. The molecule has 0 spiro atoms. The fourth-order valence-electron chi connectivity index (χ4n) is 1.58. The van der Waals surface area contributed by atoms with Gasteiger partial charge in [-0.05, 0) is 34.1 Å². The number of amides is 1. The molecule has 1 fully saturated rings. The van der Waals surface area contributed by atoms with Crippen LogP contribution in [-0.2, 0) is 9.53 Å². The molecule has 0 aliphatic carbocycles. The minimum atomic E-state index is -0.205. The number of rotatable bonds is 2. The third kappa shape index (κ3) is 2.58. The van der Waals surface area contributed by atoms with Gasteiger partial charge in [0.15, 0.2) is 0 Å². The second-order valence-corrected chi connectivity index (χ2v) is 4.39. The zero-order chi connectivity index (χ0) is 10.8. The maximum atomic E-state index is 11.5. The first-order valence-corrected chi connectivity index (χ1v) is 5.03. The molecule has 1 heterocycles. The van der Waals surface area contributed by atoms with Gasteiger partial charge in [-0.3, -0.25) is 4.79 Å². The van der Waals surface area contributed by atoms with Gasteiger partial charge < -0.3 is 10.1 Å². The van der Waals surface area contributed by atoms with Crippen LogP contribution in [0.4, 0.5) is 0 Å². The Morgan fingerprint density at radius 1 is 1.57 bits per heavy atom. The lowest BCUT2D eigenvalue weighted by Crippen LogP contribution is -2.50. The van der Waals surface area contributed by atoms with Crippen LogP contribution >= 0.6 is 0 Å². The van der Waals surface area contributed by atoms with Crippen LogP contribution in [-0.4, -0.2) is 24.2 Å². The molecule has 0 bridgehead atoms. The van der Waals surface area contributed by atoms with Gasteiger partial charge in [-0.2, -0.15) is 0 Å². The van der Waals surface area contributed by atoms with Crippen LogP contribution in [0.2, 0.25) is 0 Å². The van der Waals surface area contributed by atoms with E-state index in [0.29, 0.717) is 0 Å². The van der Waals surface area contributed by atoms with Crippen LogP contribution in [0.25, 0.3) is 0 Å². The van der Waals surface area contributed by atoms with Gasteiger partial charge >= 0.3 is 0 Å². The van der Waals surface area contributed by atoms with Gasteiger partial charge in [-0.25, -0.2) is 0 Å². The molecule has 2 unspecified atom stereocenters. The van der Waals surface area contributed by atoms with E-state index in [4.69, 9.17) is 4.74 Å². The van der Waals surface area contributed by atoms with Gasteiger partial charge in [-0.15, -0.1) is 0 Å². The summed E-state index contributed by atoms with van der Waals surface area (Å²) in [6.45, 7) is 8.58. The minimum absolute atomic E-state index is 0.0233. The average molecular weight is 197 g/mol. The fraction of sp³-hybridized carbons (Fsp3) is 0.727.